The van der Waals surface area contributed by atoms with Crippen LogP contribution >= 0.6 is 0 Å². The number of carboxylic acids is 1. The van der Waals surface area contributed by atoms with Gasteiger partial charge in [-0.05, 0) is 44.9 Å². The van der Waals surface area contributed by atoms with Crippen molar-refractivity contribution in [2.75, 3.05) is 13.1 Å². The highest BCUT2D eigenvalue weighted by atomic mass is 16.4. The highest BCUT2D eigenvalue weighted by molar-refractivity contribution is 5.76. The third-order valence-corrected chi connectivity index (χ3v) is 3.64. The lowest BCUT2D eigenvalue weighted by Gasteiger charge is -2.27. The van der Waals surface area contributed by atoms with Gasteiger partial charge in [0.2, 0.25) is 0 Å². The zero-order valence-corrected chi connectivity index (χ0v) is 13.1. The SMILES string of the molecule is CC(C)CC(CNC(=O)N(CC1CC1)C(C)C)C(=O)O. The third-order valence-electron chi connectivity index (χ3n) is 3.64. The van der Waals surface area contributed by atoms with Gasteiger partial charge >= 0.3 is 12.0 Å². The Labute approximate surface area is 121 Å². The molecule has 1 saturated carbocycles. The first kappa shape index (κ1) is 16.8. The minimum absolute atomic E-state index is 0.137. The molecule has 0 aromatic heterocycles. The molecule has 0 radical (unpaired) electrons. The maximum Gasteiger partial charge on any atom is 0.317 e. The Morgan fingerprint density at radius 2 is 1.85 bits per heavy atom. The van der Waals surface area contributed by atoms with E-state index in [1.807, 2.05) is 32.6 Å². The standard InChI is InChI=1S/C15H28N2O3/c1-10(2)7-13(14(18)19)8-16-15(20)17(11(3)4)9-12-5-6-12/h10-13H,5-9H2,1-4H3,(H,16,20)(H,18,19). The Balaban J connectivity index is 2.47. The number of aliphatic carboxylic acids is 1. The van der Waals surface area contributed by atoms with Gasteiger partial charge in [-0.2, -0.15) is 0 Å². The number of nitrogens with zero attached hydrogens (tertiary/aromatic N) is 1. The summed E-state index contributed by atoms with van der Waals surface area (Å²) in [5.74, 6) is -0.402. The van der Waals surface area contributed by atoms with Crippen molar-refractivity contribution in [3.63, 3.8) is 0 Å². The largest absolute Gasteiger partial charge is 0.481 e. The van der Waals surface area contributed by atoms with Crippen LogP contribution in [0.2, 0.25) is 0 Å². The lowest BCUT2D eigenvalue weighted by molar-refractivity contribution is -0.142. The Hall–Kier alpha value is -1.26. The van der Waals surface area contributed by atoms with Gasteiger partial charge in [-0.3, -0.25) is 4.79 Å². The Morgan fingerprint density at radius 1 is 1.25 bits per heavy atom. The van der Waals surface area contributed by atoms with E-state index in [0.717, 1.165) is 6.54 Å². The van der Waals surface area contributed by atoms with Crippen molar-refractivity contribution >= 4 is 12.0 Å². The summed E-state index contributed by atoms with van der Waals surface area (Å²) in [6, 6.07) is 0.00545. The van der Waals surface area contributed by atoms with Crippen LogP contribution in [0.15, 0.2) is 0 Å². The predicted molar refractivity (Wildman–Crippen MR) is 78.5 cm³/mol. The number of rotatable bonds is 8. The van der Waals surface area contributed by atoms with Gasteiger partial charge in [0.15, 0.2) is 0 Å². The van der Waals surface area contributed by atoms with Crippen LogP contribution in [0.25, 0.3) is 0 Å². The second kappa shape index (κ2) is 7.50. The van der Waals surface area contributed by atoms with Crippen molar-refractivity contribution in [3.05, 3.63) is 0 Å². The van der Waals surface area contributed by atoms with Crippen molar-refractivity contribution in [3.8, 4) is 0 Å². The molecule has 0 aromatic carbocycles. The maximum atomic E-state index is 12.2. The fourth-order valence-electron chi connectivity index (χ4n) is 2.26. The van der Waals surface area contributed by atoms with Crippen molar-refractivity contribution < 1.29 is 14.7 Å². The van der Waals surface area contributed by atoms with Crippen molar-refractivity contribution in [1.82, 2.24) is 10.2 Å². The average molecular weight is 284 g/mol. The molecule has 1 rings (SSSR count). The number of hydrogen-bond acceptors (Lipinski definition) is 2. The van der Waals surface area contributed by atoms with Gasteiger partial charge in [-0.1, -0.05) is 13.8 Å². The van der Waals surface area contributed by atoms with E-state index in [0.29, 0.717) is 18.3 Å². The number of carboxylic acid groups (broad SMARTS) is 1. The first-order valence-corrected chi connectivity index (χ1v) is 7.58. The molecule has 2 amide bonds. The summed E-state index contributed by atoms with van der Waals surface area (Å²) in [5.41, 5.74) is 0. The highest BCUT2D eigenvalue weighted by Crippen LogP contribution is 2.30. The average Bonchev–Trinajstić information content (AvgIpc) is 3.13. The van der Waals surface area contributed by atoms with Crippen molar-refractivity contribution in [1.29, 1.82) is 0 Å². The topological polar surface area (TPSA) is 69.6 Å². The van der Waals surface area contributed by atoms with Gasteiger partial charge in [0, 0.05) is 19.1 Å². The van der Waals surface area contributed by atoms with E-state index in [2.05, 4.69) is 5.32 Å². The van der Waals surface area contributed by atoms with Gasteiger partial charge in [-0.15, -0.1) is 0 Å². The monoisotopic (exact) mass is 284 g/mol. The second-order valence-corrected chi connectivity index (χ2v) is 6.54. The number of hydrogen-bond donors (Lipinski definition) is 2. The van der Waals surface area contributed by atoms with Crippen LogP contribution in [-0.2, 0) is 4.79 Å². The first-order valence-electron chi connectivity index (χ1n) is 7.58. The first-order chi connectivity index (χ1) is 9.31. The zero-order chi connectivity index (χ0) is 15.3. The van der Waals surface area contributed by atoms with Gasteiger partial charge < -0.3 is 15.3 Å². The number of amides is 2. The van der Waals surface area contributed by atoms with Gasteiger partial charge in [0.05, 0.1) is 5.92 Å². The van der Waals surface area contributed by atoms with Crippen LogP contribution in [-0.4, -0.2) is 41.1 Å². The molecule has 1 atom stereocenters. The van der Waals surface area contributed by atoms with Gasteiger partial charge in [-0.25, -0.2) is 4.79 Å². The summed E-state index contributed by atoms with van der Waals surface area (Å²) in [7, 11) is 0. The van der Waals surface area contributed by atoms with Crippen molar-refractivity contribution in [2.24, 2.45) is 17.8 Å². The van der Waals surface area contributed by atoms with Crippen LogP contribution < -0.4 is 5.32 Å². The summed E-state index contributed by atoms with van der Waals surface area (Å²) in [6.45, 7) is 8.96. The number of carbonyl (C=O) groups is 2. The summed E-state index contributed by atoms with van der Waals surface area (Å²) in [5, 5.41) is 12.0. The third kappa shape index (κ3) is 5.80. The van der Waals surface area contributed by atoms with Crippen LogP contribution in [0.5, 0.6) is 0 Å². The van der Waals surface area contributed by atoms with E-state index in [4.69, 9.17) is 0 Å². The minimum atomic E-state index is -0.836. The summed E-state index contributed by atoms with van der Waals surface area (Å²) in [6.07, 6.45) is 2.98. The molecule has 0 heterocycles. The lowest BCUT2D eigenvalue weighted by atomic mass is 9.97. The van der Waals surface area contributed by atoms with E-state index in [1.165, 1.54) is 12.8 Å². The van der Waals surface area contributed by atoms with E-state index in [-0.39, 0.29) is 18.6 Å². The normalized spacial score (nSPS) is 16.3. The summed E-state index contributed by atoms with van der Waals surface area (Å²) >= 11 is 0. The molecule has 5 nitrogen and oxygen atoms in total. The van der Waals surface area contributed by atoms with Crippen LogP contribution in [0.3, 0.4) is 0 Å². The molecular formula is C15H28N2O3. The lowest BCUT2D eigenvalue weighted by Crippen LogP contribution is -2.47. The minimum Gasteiger partial charge on any atom is -0.481 e. The molecule has 20 heavy (non-hydrogen) atoms. The van der Waals surface area contributed by atoms with E-state index in [9.17, 15) is 14.7 Å². The molecule has 0 aliphatic heterocycles. The fraction of sp³-hybridized carbons (Fsp3) is 0.867. The molecule has 0 saturated heterocycles. The Bertz CT molecular complexity index is 338. The zero-order valence-electron chi connectivity index (χ0n) is 13.1. The van der Waals surface area contributed by atoms with E-state index in [1.54, 1.807) is 0 Å². The highest BCUT2D eigenvalue weighted by Gasteiger charge is 2.29. The van der Waals surface area contributed by atoms with Crippen LogP contribution in [0, 0.1) is 17.8 Å². The molecule has 1 aliphatic rings. The molecule has 0 aromatic rings. The maximum absolute atomic E-state index is 12.2. The molecule has 0 spiro atoms. The summed E-state index contributed by atoms with van der Waals surface area (Å²) < 4.78 is 0. The second-order valence-electron chi connectivity index (χ2n) is 6.54. The molecule has 116 valence electrons. The summed E-state index contributed by atoms with van der Waals surface area (Å²) in [4.78, 5) is 25.2. The van der Waals surface area contributed by atoms with E-state index < -0.39 is 11.9 Å². The smallest absolute Gasteiger partial charge is 0.317 e. The Morgan fingerprint density at radius 3 is 2.25 bits per heavy atom. The molecule has 5 heteroatoms. The fourth-order valence-corrected chi connectivity index (χ4v) is 2.26. The number of urea groups is 1. The molecule has 1 fully saturated rings. The van der Waals surface area contributed by atoms with Gasteiger partial charge in [0.25, 0.3) is 0 Å². The van der Waals surface area contributed by atoms with Gasteiger partial charge in [0.1, 0.15) is 0 Å². The number of carbonyl (C=O) groups excluding carboxylic acids is 1. The quantitative estimate of drug-likeness (QED) is 0.719. The molecule has 2 N–H and O–H groups in total. The van der Waals surface area contributed by atoms with Crippen LogP contribution in [0.4, 0.5) is 4.79 Å². The van der Waals surface area contributed by atoms with Crippen molar-refractivity contribution in [2.45, 2.75) is 53.0 Å². The van der Waals surface area contributed by atoms with Crippen LogP contribution in [0.1, 0.15) is 47.0 Å². The van der Waals surface area contributed by atoms with E-state index >= 15 is 0 Å². The number of nitrogens with one attached hydrogen (secondary N) is 1. The molecule has 1 aliphatic carbocycles. The molecule has 1 unspecified atom stereocenters. The molecule has 0 bridgehead atoms. The Kier molecular flexibility index (Phi) is 6.30. The molecular weight excluding hydrogens is 256 g/mol. The predicted octanol–water partition coefficient (Wildman–Crippen LogP) is 2.56.